The molecule has 0 saturated carbocycles. The van der Waals surface area contributed by atoms with Gasteiger partial charge in [0, 0.05) is 11.6 Å². The maximum absolute atomic E-state index is 12.7. The molecule has 1 aromatic heterocycles. The summed E-state index contributed by atoms with van der Waals surface area (Å²) in [6, 6.07) is 9.28. The molecule has 118 valence electrons. The fraction of sp³-hybridized carbons (Fsp3) is 0.353. The number of carbonyl (C=O) groups excluding carboxylic acids is 1. The van der Waals surface area contributed by atoms with Crippen LogP contribution in [0.25, 0.3) is 10.9 Å². The largest absolute Gasteiger partial charge is 0.481 e. The van der Waals surface area contributed by atoms with E-state index in [-0.39, 0.29) is 18.1 Å². The summed E-state index contributed by atoms with van der Waals surface area (Å²) >= 11 is 0. The van der Waals surface area contributed by atoms with Gasteiger partial charge in [-0.3, -0.25) is 14.6 Å². The van der Waals surface area contributed by atoms with Gasteiger partial charge in [0.05, 0.1) is 35.2 Å². The number of nitrogens with zero attached hydrogens (tertiary/aromatic N) is 1. The molecule has 4 rings (SSSR count). The number of hydrogen-bond donors (Lipinski definition) is 2. The molecule has 1 amide bonds. The van der Waals surface area contributed by atoms with Crippen molar-refractivity contribution >= 4 is 28.5 Å². The number of anilines is 1. The van der Waals surface area contributed by atoms with Gasteiger partial charge in [-0.1, -0.05) is 18.2 Å². The molecule has 0 radical (unpaired) electrons. The normalized spacial score (nSPS) is 28.9. The van der Waals surface area contributed by atoms with Crippen molar-refractivity contribution in [3.05, 3.63) is 36.5 Å². The molecule has 0 unspecified atom stereocenters. The zero-order valence-corrected chi connectivity index (χ0v) is 12.3. The van der Waals surface area contributed by atoms with Gasteiger partial charge >= 0.3 is 5.97 Å². The first-order valence-electron chi connectivity index (χ1n) is 7.68. The quantitative estimate of drug-likeness (QED) is 0.905. The lowest BCUT2D eigenvalue weighted by atomic mass is 9.78. The zero-order valence-electron chi connectivity index (χ0n) is 12.3. The van der Waals surface area contributed by atoms with Crippen molar-refractivity contribution in [3.63, 3.8) is 0 Å². The third kappa shape index (κ3) is 2.26. The molecular weight excluding hydrogens is 296 g/mol. The van der Waals surface area contributed by atoms with Gasteiger partial charge in [0.1, 0.15) is 0 Å². The summed E-state index contributed by atoms with van der Waals surface area (Å²) in [7, 11) is 0. The Kier molecular flexibility index (Phi) is 3.27. The zero-order chi connectivity index (χ0) is 16.0. The first-order chi connectivity index (χ1) is 11.1. The van der Waals surface area contributed by atoms with E-state index >= 15 is 0 Å². The van der Waals surface area contributed by atoms with Crippen LogP contribution in [0.2, 0.25) is 0 Å². The summed E-state index contributed by atoms with van der Waals surface area (Å²) in [5, 5.41) is 13.2. The number of pyridine rings is 1. The van der Waals surface area contributed by atoms with Crippen LogP contribution < -0.4 is 5.32 Å². The number of carboxylic acids is 1. The Morgan fingerprint density at radius 3 is 2.65 bits per heavy atom. The second-order valence-electron chi connectivity index (χ2n) is 6.05. The highest BCUT2D eigenvalue weighted by atomic mass is 16.5. The number of aromatic nitrogens is 1. The fourth-order valence-electron chi connectivity index (χ4n) is 3.75. The second-order valence-corrected chi connectivity index (χ2v) is 6.05. The fourth-order valence-corrected chi connectivity index (χ4v) is 3.75. The van der Waals surface area contributed by atoms with Crippen molar-refractivity contribution in [2.75, 3.05) is 5.32 Å². The number of hydrogen-bond acceptors (Lipinski definition) is 4. The average molecular weight is 312 g/mol. The number of carboxylic acid groups (broad SMARTS) is 1. The highest BCUT2D eigenvalue weighted by Crippen LogP contribution is 2.44. The Balaban J connectivity index is 1.63. The number of aliphatic carboxylic acids is 1. The number of nitrogens with one attached hydrogen (secondary N) is 1. The van der Waals surface area contributed by atoms with Crippen molar-refractivity contribution in [1.29, 1.82) is 0 Å². The monoisotopic (exact) mass is 312 g/mol. The van der Waals surface area contributed by atoms with Crippen LogP contribution in [0.3, 0.4) is 0 Å². The lowest BCUT2D eigenvalue weighted by molar-refractivity contribution is -0.147. The number of amides is 1. The third-order valence-electron chi connectivity index (χ3n) is 4.75. The predicted octanol–water partition coefficient (Wildman–Crippen LogP) is 2.05. The lowest BCUT2D eigenvalue weighted by Gasteiger charge is -2.24. The molecule has 6 heteroatoms. The van der Waals surface area contributed by atoms with E-state index in [1.807, 2.05) is 24.3 Å². The highest BCUT2D eigenvalue weighted by molar-refractivity contribution is 6.02. The SMILES string of the molecule is O=C(O)[C@@H]1[C@H](C(=O)Nc2cccc3cccnc23)[C@@H]2CC[C@@H]1O2. The summed E-state index contributed by atoms with van der Waals surface area (Å²) in [5.74, 6) is -2.68. The number of carbonyl (C=O) groups is 2. The molecule has 2 N–H and O–H groups in total. The van der Waals surface area contributed by atoms with Crippen LogP contribution in [0.5, 0.6) is 0 Å². The standard InChI is InChI=1S/C17H16N2O4/c20-16(13-11-6-7-12(23-11)14(13)17(21)22)19-10-5-1-3-9-4-2-8-18-15(9)10/h1-5,8,11-14H,6-7H2,(H,19,20)(H,21,22)/t11-,12-,13+,14-/m0/s1. The molecule has 23 heavy (non-hydrogen) atoms. The molecule has 1 aromatic carbocycles. The van der Waals surface area contributed by atoms with E-state index in [0.717, 1.165) is 11.8 Å². The Labute approximate surface area is 132 Å². The van der Waals surface area contributed by atoms with Crippen LogP contribution >= 0.6 is 0 Å². The molecule has 2 aromatic rings. The first kappa shape index (κ1) is 14.1. The molecule has 0 spiro atoms. The minimum Gasteiger partial charge on any atom is -0.481 e. The van der Waals surface area contributed by atoms with Crippen molar-refractivity contribution in [3.8, 4) is 0 Å². The van der Waals surface area contributed by atoms with Gasteiger partial charge in [0.25, 0.3) is 0 Å². The minimum atomic E-state index is -0.964. The van der Waals surface area contributed by atoms with Crippen LogP contribution in [0.4, 0.5) is 5.69 Å². The van der Waals surface area contributed by atoms with Gasteiger partial charge in [-0.2, -0.15) is 0 Å². The Morgan fingerprint density at radius 1 is 1.13 bits per heavy atom. The molecular formula is C17H16N2O4. The molecule has 2 fully saturated rings. The van der Waals surface area contributed by atoms with Gasteiger partial charge in [-0.05, 0) is 25.0 Å². The molecule has 2 bridgehead atoms. The van der Waals surface area contributed by atoms with Gasteiger partial charge < -0.3 is 15.2 Å². The van der Waals surface area contributed by atoms with Gasteiger partial charge in [-0.25, -0.2) is 0 Å². The van der Waals surface area contributed by atoms with Crippen molar-refractivity contribution < 1.29 is 19.4 Å². The maximum Gasteiger partial charge on any atom is 0.310 e. The maximum atomic E-state index is 12.7. The minimum absolute atomic E-state index is 0.302. The molecule has 2 aliphatic rings. The molecule has 2 saturated heterocycles. The topological polar surface area (TPSA) is 88.5 Å². The Bertz CT molecular complexity index is 786. The number of benzene rings is 1. The van der Waals surface area contributed by atoms with Gasteiger partial charge in [0.2, 0.25) is 5.91 Å². The summed E-state index contributed by atoms with van der Waals surface area (Å²) in [4.78, 5) is 28.5. The molecule has 6 nitrogen and oxygen atoms in total. The van der Waals surface area contributed by atoms with Crippen molar-refractivity contribution in [2.45, 2.75) is 25.0 Å². The number of para-hydroxylation sites is 1. The smallest absolute Gasteiger partial charge is 0.310 e. The molecule has 4 atom stereocenters. The van der Waals surface area contributed by atoms with E-state index in [1.54, 1.807) is 12.3 Å². The molecule has 2 aliphatic heterocycles. The lowest BCUT2D eigenvalue weighted by Crippen LogP contribution is -2.41. The van der Waals surface area contributed by atoms with E-state index in [0.29, 0.717) is 17.6 Å². The average Bonchev–Trinajstić information content (AvgIpc) is 3.16. The molecule has 0 aliphatic carbocycles. The van der Waals surface area contributed by atoms with Gasteiger partial charge in [-0.15, -0.1) is 0 Å². The highest BCUT2D eigenvalue weighted by Gasteiger charge is 2.55. The number of fused-ring (bicyclic) bond motifs is 3. The van der Waals surface area contributed by atoms with Crippen LogP contribution in [0, 0.1) is 11.8 Å². The summed E-state index contributed by atoms with van der Waals surface area (Å²) in [6.45, 7) is 0. The van der Waals surface area contributed by atoms with E-state index in [2.05, 4.69) is 10.3 Å². The number of ether oxygens (including phenoxy) is 1. The second kappa shape index (κ2) is 5.31. The van der Waals surface area contributed by atoms with E-state index in [9.17, 15) is 14.7 Å². The van der Waals surface area contributed by atoms with Crippen molar-refractivity contribution in [1.82, 2.24) is 4.98 Å². The predicted molar refractivity (Wildman–Crippen MR) is 82.9 cm³/mol. The Morgan fingerprint density at radius 2 is 1.87 bits per heavy atom. The molecule has 3 heterocycles. The summed E-state index contributed by atoms with van der Waals surface area (Å²) in [5.41, 5.74) is 1.29. The Hall–Kier alpha value is -2.47. The van der Waals surface area contributed by atoms with E-state index in [1.165, 1.54) is 0 Å². The third-order valence-corrected chi connectivity index (χ3v) is 4.75. The summed E-state index contributed by atoms with van der Waals surface area (Å²) < 4.78 is 5.65. The number of rotatable bonds is 3. The van der Waals surface area contributed by atoms with Crippen LogP contribution in [0.1, 0.15) is 12.8 Å². The van der Waals surface area contributed by atoms with E-state index in [4.69, 9.17) is 4.74 Å². The van der Waals surface area contributed by atoms with Crippen molar-refractivity contribution in [2.24, 2.45) is 11.8 Å². The van der Waals surface area contributed by atoms with Gasteiger partial charge in [0.15, 0.2) is 0 Å². The van der Waals surface area contributed by atoms with Crippen LogP contribution in [-0.4, -0.2) is 34.2 Å². The van der Waals surface area contributed by atoms with Crippen LogP contribution in [-0.2, 0) is 14.3 Å². The van der Waals surface area contributed by atoms with E-state index < -0.39 is 17.8 Å². The first-order valence-corrected chi connectivity index (χ1v) is 7.68. The van der Waals surface area contributed by atoms with Crippen LogP contribution in [0.15, 0.2) is 36.5 Å². The summed E-state index contributed by atoms with van der Waals surface area (Å²) in [6.07, 6.45) is 2.46.